The Kier molecular flexibility index (Phi) is 6.66. The number of para-hydroxylation sites is 1. The smallest absolute Gasteiger partial charge is 0.441 e. The third-order valence-electron chi connectivity index (χ3n) is 5.51. The minimum atomic E-state index is -1.03. The van der Waals surface area contributed by atoms with Crippen LogP contribution in [0.2, 0.25) is 5.02 Å². The lowest BCUT2D eigenvalue weighted by Crippen LogP contribution is -2.37. The SMILES string of the molecule is COC(=O)C(=[N+]=[N-])C(=O)[C@@H]1[C@@H](c2ccccc2)ON(c2ccccc2)[C@H]1c1ccc(Cl)cc1. The zero-order valence-electron chi connectivity index (χ0n) is 17.7. The highest BCUT2D eigenvalue weighted by Crippen LogP contribution is 2.49. The maximum atomic E-state index is 13.7. The number of anilines is 1. The van der Waals surface area contributed by atoms with Crippen molar-refractivity contribution in [2.45, 2.75) is 12.1 Å². The van der Waals surface area contributed by atoms with Crippen LogP contribution in [0.1, 0.15) is 23.3 Å². The summed E-state index contributed by atoms with van der Waals surface area (Å²) in [5, 5.41) is 2.19. The van der Waals surface area contributed by atoms with Gasteiger partial charge in [-0.05, 0) is 35.4 Å². The predicted octanol–water partition coefficient (Wildman–Crippen LogP) is 4.60. The second-order valence-electron chi connectivity index (χ2n) is 7.42. The average Bonchev–Trinajstić information content (AvgIpc) is 3.26. The van der Waals surface area contributed by atoms with Crippen LogP contribution >= 0.6 is 11.6 Å². The molecule has 1 fully saturated rings. The summed E-state index contributed by atoms with van der Waals surface area (Å²) in [6, 6.07) is 24.9. The summed E-state index contributed by atoms with van der Waals surface area (Å²) in [7, 11) is 1.12. The number of carbonyl (C=O) groups is 2. The maximum absolute atomic E-state index is 13.7. The fourth-order valence-electron chi connectivity index (χ4n) is 4.00. The lowest BCUT2D eigenvalue weighted by molar-refractivity contribution is -0.140. The lowest BCUT2D eigenvalue weighted by Gasteiger charge is -2.26. The van der Waals surface area contributed by atoms with Gasteiger partial charge in [-0.15, -0.1) is 0 Å². The number of ether oxygens (including phenoxy) is 1. The second-order valence-corrected chi connectivity index (χ2v) is 7.86. The van der Waals surface area contributed by atoms with Gasteiger partial charge in [-0.2, -0.15) is 4.79 Å². The Bertz CT molecular complexity index is 1200. The molecule has 0 aromatic heterocycles. The minimum absolute atomic E-state index is 0.540. The van der Waals surface area contributed by atoms with E-state index in [0.29, 0.717) is 10.7 Å². The number of nitrogens with zero attached hydrogens (tertiary/aromatic N) is 3. The van der Waals surface area contributed by atoms with E-state index in [0.717, 1.165) is 18.2 Å². The predicted molar refractivity (Wildman–Crippen MR) is 123 cm³/mol. The molecule has 0 radical (unpaired) electrons. The summed E-state index contributed by atoms with van der Waals surface area (Å²) in [5.74, 6) is -2.65. The highest BCUT2D eigenvalue weighted by atomic mass is 35.5. The van der Waals surface area contributed by atoms with Gasteiger partial charge in [0, 0.05) is 5.02 Å². The summed E-state index contributed by atoms with van der Waals surface area (Å²) in [4.78, 5) is 35.2. The fourth-order valence-corrected chi connectivity index (χ4v) is 4.13. The first-order valence-corrected chi connectivity index (χ1v) is 10.6. The van der Waals surface area contributed by atoms with Crippen molar-refractivity contribution in [2.75, 3.05) is 12.2 Å². The van der Waals surface area contributed by atoms with Crippen LogP contribution in [0.5, 0.6) is 0 Å². The van der Waals surface area contributed by atoms with E-state index < -0.39 is 35.5 Å². The van der Waals surface area contributed by atoms with Crippen molar-refractivity contribution >= 4 is 34.8 Å². The molecule has 0 bridgehead atoms. The molecule has 4 rings (SSSR count). The molecule has 0 spiro atoms. The molecule has 0 amide bonds. The molecule has 1 saturated heterocycles. The lowest BCUT2D eigenvalue weighted by atomic mass is 9.82. The fraction of sp³-hybridized carbons (Fsp3) is 0.160. The molecule has 0 unspecified atom stereocenters. The van der Waals surface area contributed by atoms with Crippen LogP contribution < -0.4 is 5.06 Å². The third kappa shape index (κ3) is 4.43. The van der Waals surface area contributed by atoms with Gasteiger partial charge in [0.2, 0.25) is 0 Å². The highest BCUT2D eigenvalue weighted by Gasteiger charge is 2.53. The number of hydrogen-bond donors (Lipinski definition) is 0. The van der Waals surface area contributed by atoms with E-state index in [1.807, 2.05) is 60.7 Å². The summed E-state index contributed by atoms with van der Waals surface area (Å²) in [5.41, 5.74) is 11.0. The number of esters is 1. The van der Waals surface area contributed by atoms with E-state index in [4.69, 9.17) is 16.4 Å². The number of rotatable bonds is 6. The van der Waals surface area contributed by atoms with Crippen molar-refractivity contribution in [3.63, 3.8) is 0 Å². The molecule has 3 aromatic carbocycles. The molecule has 33 heavy (non-hydrogen) atoms. The number of Topliss-reactive ketones (excluding diaryl/α,β-unsaturated/α-hetero) is 1. The molecule has 8 heteroatoms. The monoisotopic (exact) mass is 461 g/mol. The topological polar surface area (TPSA) is 92.2 Å². The van der Waals surface area contributed by atoms with Gasteiger partial charge in [0.05, 0.1) is 24.8 Å². The zero-order chi connectivity index (χ0) is 23.4. The molecule has 1 aliphatic heterocycles. The largest absolute Gasteiger partial charge is 0.460 e. The minimum Gasteiger partial charge on any atom is -0.460 e. The van der Waals surface area contributed by atoms with Gasteiger partial charge in [-0.3, -0.25) is 9.63 Å². The summed E-state index contributed by atoms with van der Waals surface area (Å²) in [6.45, 7) is 0. The van der Waals surface area contributed by atoms with E-state index in [9.17, 15) is 15.1 Å². The van der Waals surface area contributed by atoms with Crippen molar-refractivity contribution in [3.8, 4) is 0 Å². The number of carbonyl (C=O) groups excluding carboxylic acids is 2. The molecule has 3 atom stereocenters. The summed E-state index contributed by atoms with van der Waals surface area (Å²) < 4.78 is 4.67. The Hall–Kier alpha value is -3.77. The van der Waals surface area contributed by atoms with Gasteiger partial charge in [0.25, 0.3) is 5.78 Å². The van der Waals surface area contributed by atoms with Crippen molar-refractivity contribution < 1.29 is 24.0 Å². The van der Waals surface area contributed by atoms with Gasteiger partial charge in [-0.1, -0.05) is 72.3 Å². The maximum Gasteiger partial charge on any atom is 0.441 e. The van der Waals surface area contributed by atoms with E-state index >= 15 is 0 Å². The van der Waals surface area contributed by atoms with Crippen molar-refractivity contribution in [2.24, 2.45) is 5.92 Å². The standard InChI is InChI=1S/C25H20ClN3O4/c1-32-25(31)21(28-27)23(30)20-22(16-12-14-18(26)15-13-16)29(19-10-6-3-7-11-19)33-24(20)17-8-4-2-5-9-17/h2-15,20,22,24H,1H3/t20-,22+,24-/m1/s1. The first-order chi connectivity index (χ1) is 16.0. The quantitative estimate of drug-likeness (QED) is 0.176. The van der Waals surface area contributed by atoms with Crippen LogP contribution in [0.4, 0.5) is 5.69 Å². The van der Waals surface area contributed by atoms with Crippen LogP contribution in [0.15, 0.2) is 84.9 Å². The normalized spacial score (nSPS) is 19.6. The van der Waals surface area contributed by atoms with Gasteiger partial charge < -0.3 is 10.3 Å². The van der Waals surface area contributed by atoms with Crippen LogP contribution in [-0.4, -0.2) is 29.4 Å². The van der Waals surface area contributed by atoms with Gasteiger partial charge >= 0.3 is 11.7 Å². The Morgan fingerprint density at radius 2 is 1.55 bits per heavy atom. The first kappa shape index (κ1) is 22.4. The van der Waals surface area contributed by atoms with Gasteiger partial charge in [0.1, 0.15) is 6.10 Å². The molecule has 7 nitrogen and oxygen atoms in total. The molecular formula is C25H20ClN3O4. The number of hydrogen-bond acceptors (Lipinski definition) is 5. The zero-order valence-corrected chi connectivity index (χ0v) is 18.4. The molecular weight excluding hydrogens is 442 g/mol. The van der Waals surface area contributed by atoms with Gasteiger partial charge in [0.15, 0.2) is 0 Å². The third-order valence-corrected chi connectivity index (χ3v) is 5.76. The van der Waals surface area contributed by atoms with Crippen molar-refractivity contribution in [1.82, 2.24) is 0 Å². The molecule has 1 aliphatic rings. The number of benzene rings is 3. The Balaban J connectivity index is 1.90. The molecule has 0 N–H and O–H groups in total. The van der Waals surface area contributed by atoms with Crippen LogP contribution in [-0.2, 0) is 19.2 Å². The number of methoxy groups -OCH3 is 1. The summed E-state index contributed by atoms with van der Waals surface area (Å²) >= 11 is 6.10. The number of halogens is 1. The summed E-state index contributed by atoms with van der Waals surface area (Å²) in [6.07, 6.45) is -0.763. The Morgan fingerprint density at radius 1 is 0.939 bits per heavy atom. The number of hydroxylamine groups is 1. The molecule has 0 saturated carbocycles. The van der Waals surface area contributed by atoms with E-state index in [1.165, 1.54) is 0 Å². The molecule has 3 aromatic rings. The number of ketones is 1. The van der Waals surface area contributed by atoms with E-state index in [-0.39, 0.29) is 0 Å². The van der Waals surface area contributed by atoms with E-state index in [1.54, 1.807) is 29.3 Å². The molecule has 0 aliphatic carbocycles. The van der Waals surface area contributed by atoms with Crippen molar-refractivity contribution in [3.05, 3.63) is 107 Å². The van der Waals surface area contributed by atoms with E-state index in [2.05, 4.69) is 9.53 Å². The average molecular weight is 462 g/mol. The Labute approximate surface area is 195 Å². The molecule has 166 valence electrons. The van der Waals surface area contributed by atoms with Crippen LogP contribution in [0.25, 0.3) is 5.53 Å². The Morgan fingerprint density at radius 3 is 2.12 bits per heavy atom. The van der Waals surface area contributed by atoms with Crippen LogP contribution in [0.3, 0.4) is 0 Å². The second kappa shape index (κ2) is 9.79. The first-order valence-electron chi connectivity index (χ1n) is 10.2. The highest BCUT2D eigenvalue weighted by molar-refractivity contribution is 6.62. The van der Waals surface area contributed by atoms with Gasteiger partial charge in [-0.25, -0.2) is 9.86 Å². The molecule has 1 heterocycles. The van der Waals surface area contributed by atoms with Crippen molar-refractivity contribution in [1.29, 1.82) is 0 Å². The van der Waals surface area contributed by atoms with Crippen LogP contribution in [0, 0.1) is 5.92 Å².